The van der Waals surface area contributed by atoms with Crippen molar-refractivity contribution < 1.29 is 9.13 Å². The van der Waals surface area contributed by atoms with Gasteiger partial charge in [-0.1, -0.05) is 0 Å². The minimum absolute atomic E-state index is 0.211. The first-order valence-electron chi connectivity index (χ1n) is 7.68. The number of nitrogens with one attached hydrogen (secondary N) is 2. The highest BCUT2D eigenvalue weighted by Crippen LogP contribution is 2.30. The summed E-state index contributed by atoms with van der Waals surface area (Å²) in [5, 5.41) is 3.04. The van der Waals surface area contributed by atoms with Crippen LogP contribution in [0.4, 0.5) is 10.1 Å². The molecule has 0 spiro atoms. The molecule has 4 rings (SSSR count). The van der Waals surface area contributed by atoms with Gasteiger partial charge in [0, 0.05) is 24.7 Å². The van der Waals surface area contributed by atoms with Crippen LogP contribution in [0.1, 0.15) is 18.5 Å². The van der Waals surface area contributed by atoms with Gasteiger partial charge in [0.25, 0.3) is 5.56 Å². The number of fused-ring (bicyclic) bond motifs is 1. The molecule has 1 aliphatic carbocycles. The van der Waals surface area contributed by atoms with E-state index in [-0.39, 0.29) is 16.1 Å². The first kappa shape index (κ1) is 14.4. The van der Waals surface area contributed by atoms with Crippen molar-refractivity contribution in [3.05, 3.63) is 44.8 Å². The number of anilines is 1. The quantitative estimate of drug-likeness (QED) is 0.845. The predicted octanol–water partition coefficient (Wildman–Crippen LogP) is 2.79. The number of nitrogens with zero attached hydrogens (tertiary/aromatic N) is 1. The van der Waals surface area contributed by atoms with Crippen molar-refractivity contribution >= 4 is 17.9 Å². The fourth-order valence-electron chi connectivity index (χ4n) is 2.74. The van der Waals surface area contributed by atoms with Gasteiger partial charge in [0.1, 0.15) is 5.69 Å². The van der Waals surface area contributed by atoms with Crippen LogP contribution in [-0.4, -0.2) is 22.7 Å². The van der Waals surface area contributed by atoms with E-state index < -0.39 is 5.82 Å². The molecule has 2 heterocycles. The average molecular weight is 333 g/mol. The number of ether oxygens (including phenoxy) is 1. The highest BCUT2D eigenvalue weighted by atomic mass is 32.1. The van der Waals surface area contributed by atoms with Crippen molar-refractivity contribution in [1.82, 2.24) is 9.55 Å². The summed E-state index contributed by atoms with van der Waals surface area (Å²) < 4.78 is 21.3. The number of H-pyrrole nitrogens is 1. The SMILES string of the molecule is O=c1c2c([nH]c(=S)n1-c1ccc(OCC3CC3)c(F)c1)CCN2. The van der Waals surface area contributed by atoms with E-state index in [0.29, 0.717) is 30.4 Å². The summed E-state index contributed by atoms with van der Waals surface area (Å²) in [5.74, 6) is 0.272. The minimum Gasteiger partial charge on any atom is -0.490 e. The zero-order chi connectivity index (χ0) is 16.0. The molecule has 2 aliphatic rings. The van der Waals surface area contributed by atoms with Gasteiger partial charge in [0.2, 0.25) is 0 Å². The van der Waals surface area contributed by atoms with Gasteiger partial charge >= 0.3 is 0 Å². The molecule has 0 amide bonds. The smallest absolute Gasteiger partial charge is 0.282 e. The number of rotatable bonds is 4. The van der Waals surface area contributed by atoms with E-state index >= 15 is 0 Å². The molecular formula is C16H16FN3O2S. The number of benzene rings is 1. The fraction of sp³-hybridized carbons (Fsp3) is 0.375. The summed E-state index contributed by atoms with van der Waals surface area (Å²) in [6.07, 6.45) is 3.02. The van der Waals surface area contributed by atoms with E-state index in [2.05, 4.69) is 10.3 Å². The van der Waals surface area contributed by atoms with Crippen LogP contribution < -0.4 is 15.6 Å². The zero-order valence-electron chi connectivity index (χ0n) is 12.4. The van der Waals surface area contributed by atoms with Crippen molar-refractivity contribution in [1.29, 1.82) is 0 Å². The second kappa shape index (κ2) is 5.49. The average Bonchev–Trinajstić information content (AvgIpc) is 3.23. The number of hydrogen-bond donors (Lipinski definition) is 2. The number of aromatic amines is 1. The number of halogens is 1. The van der Waals surface area contributed by atoms with Crippen LogP contribution in [0.15, 0.2) is 23.0 Å². The highest BCUT2D eigenvalue weighted by molar-refractivity contribution is 7.71. The molecule has 0 unspecified atom stereocenters. The van der Waals surface area contributed by atoms with Gasteiger partial charge in [-0.15, -0.1) is 0 Å². The maximum absolute atomic E-state index is 14.2. The van der Waals surface area contributed by atoms with Gasteiger partial charge in [-0.3, -0.25) is 9.36 Å². The predicted molar refractivity (Wildman–Crippen MR) is 87.6 cm³/mol. The molecule has 1 aromatic carbocycles. The van der Waals surface area contributed by atoms with Gasteiger partial charge in [0.15, 0.2) is 16.3 Å². The fourth-order valence-corrected chi connectivity index (χ4v) is 3.05. The molecule has 0 saturated heterocycles. The van der Waals surface area contributed by atoms with Crippen molar-refractivity contribution in [2.24, 2.45) is 5.92 Å². The molecule has 1 aromatic heterocycles. The minimum atomic E-state index is -0.488. The van der Waals surface area contributed by atoms with E-state index in [0.717, 1.165) is 25.0 Å². The Labute approximate surface area is 137 Å². The lowest BCUT2D eigenvalue weighted by molar-refractivity contribution is 0.285. The summed E-state index contributed by atoms with van der Waals surface area (Å²) >= 11 is 5.26. The first-order valence-corrected chi connectivity index (χ1v) is 8.09. The zero-order valence-corrected chi connectivity index (χ0v) is 13.2. The Bertz CT molecular complexity index is 886. The van der Waals surface area contributed by atoms with Crippen LogP contribution in [0, 0.1) is 16.5 Å². The topological polar surface area (TPSA) is 59.0 Å². The monoisotopic (exact) mass is 333 g/mol. The van der Waals surface area contributed by atoms with Gasteiger partial charge in [-0.05, 0) is 43.1 Å². The Kier molecular flexibility index (Phi) is 3.45. The number of aromatic nitrogens is 2. The lowest BCUT2D eigenvalue weighted by Gasteiger charge is -2.11. The molecule has 0 bridgehead atoms. The molecule has 2 N–H and O–H groups in total. The number of hydrogen-bond acceptors (Lipinski definition) is 4. The van der Waals surface area contributed by atoms with Gasteiger partial charge in [-0.2, -0.15) is 0 Å². The maximum atomic E-state index is 14.2. The molecule has 1 fully saturated rings. The molecular weight excluding hydrogens is 317 g/mol. The normalized spacial score (nSPS) is 16.0. The van der Waals surface area contributed by atoms with Crippen molar-refractivity contribution in [2.75, 3.05) is 18.5 Å². The van der Waals surface area contributed by atoms with Crippen molar-refractivity contribution in [2.45, 2.75) is 19.3 Å². The maximum Gasteiger partial charge on any atom is 0.282 e. The summed E-state index contributed by atoms with van der Waals surface area (Å²) in [6.45, 7) is 1.24. The van der Waals surface area contributed by atoms with E-state index in [4.69, 9.17) is 17.0 Å². The molecule has 23 heavy (non-hydrogen) atoms. The van der Waals surface area contributed by atoms with Crippen LogP contribution in [-0.2, 0) is 6.42 Å². The molecule has 1 saturated carbocycles. The Morgan fingerprint density at radius 1 is 1.39 bits per heavy atom. The second-order valence-electron chi connectivity index (χ2n) is 5.97. The van der Waals surface area contributed by atoms with Crippen molar-refractivity contribution in [3.63, 3.8) is 0 Å². The van der Waals surface area contributed by atoms with Crippen LogP contribution in [0.25, 0.3) is 5.69 Å². The Hall–Kier alpha value is -2.15. The van der Waals surface area contributed by atoms with Crippen LogP contribution in [0.5, 0.6) is 5.75 Å². The Morgan fingerprint density at radius 3 is 2.96 bits per heavy atom. The first-order chi connectivity index (χ1) is 11.1. The molecule has 5 nitrogen and oxygen atoms in total. The van der Waals surface area contributed by atoms with E-state index in [1.807, 2.05) is 0 Å². The molecule has 7 heteroatoms. The molecule has 1 aliphatic heterocycles. The molecule has 2 aromatic rings. The molecule has 120 valence electrons. The molecule has 0 atom stereocenters. The summed E-state index contributed by atoms with van der Waals surface area (Å²) in [6, 6.07) is 4.49. The Morgan fingerprint density at radius 2 is 2.22 bits per heavy atom. The largest absolute Gasteiger partial charge is 0.490 e. The van der Waals surface area contributed by atoms with Crippen LogP contribution in [0.2, 0.25) is 0 Å². The third-order valence-corrected chi connectivity index (χ3v) is 4.49. The lowest BCUT2D eigenvalue weighted by atomic mass is 10.2. The standard InChI is InChI=1S/C16H16FN3O2S/c17-11-7-10(3-4-13(11)22-8-9-1-2-9)20-15(21)14-12(5-6-18-14)19-16(20)23/h3-4,7,9,18H,1-2,5-6,8H2,(H,19,23). The van der Waals surface area contributed by atoms with Gasteiger partial charge < -0.3 is 15.0 Å². The van der Waals surface area contributed by atoms with E-state index in [1.165, 1.54) is 10.6 Å². The van der Waals surface area contributed by atoms with Gasteiger partial charge in [0.05, 0.1) is 12.3 Å². The molecule has 0 radical (unpaired) electrons. The summed E-state index contributed by atoms with van der Waals surface area (Å²) in [4.78, 5) is 15.6. The van der Waals surface area contributed by atoms with Crippen LogP contribution >= 0.6 is 12.2 Å². The second-order valence-corrected chi connectivity index (χ2v) is 6.36. The summed E-state index contributed by atoms with van der Waals surface area (Å²) in [5.41, 5.74) is 1.45. The van der Waals surface area contributed by atoms with Gasteiger partial charge in [-0.25, -0.2) is 4.39 Å². The van der Waals surface area contributed by atoms with E-state index in [1.54, 1.807) is 12.1 Å². The van der Waals surface area contributed by atoms with Crippen molar-refractivity contribution in [3.8, 4) is 11.4 Å². The highest BCUT2D eigenvalue weighted by Gasteiger charge is 2.23. The van der Waals surface area contributed by atoms with E-state index in [9.17, 15) is 9.18 Å². The Balaban J connectivity index is 1.72. The third kappa shape index (κ3) is 2.65. The third-order valence-electron chi connectivity index (χ3n) is 4.20. The summed E-state index contributed by atoms with van der Waals surface area (Å²) in [7, 11) is 0. The van der Waals surface area contributed by atoms with Crippen LogP contribution in [0.3, 0.4) is 0 Å². The lowest BCUT2D eigenvalue weighted by Crippen LogP contribution is -2.23.